The summed E-state index contributed by atoms with van der Waals surface area (Å²) in [5.41, 5.74) is 0.586. The van der Waals surface area contributed by atoms with Crippen LogP contribution in [-0.2, 0) is 16.1 Å². The molecule has 1 aromatic heterocycles. The van der Waals surface area contributed by atoms with Gasteiger partial charge in [-0.1, -0.05) is 12.1 Å². The zero-order chi connectivity index (χ0) is 16.4. The van der Waals surface area contributed by atoms with Crippen LogP contribution in [0.15, 0.2) is 41.3 Å². The number of carbonyl (C=O) groups is 2. The Morgan fingerprint density at radius 2 is 1.96 bits per heavy atom. The van der Waals surface area contributed by atoms with Gasteiger partial charge in [-0.05, 0) is 31.4 Å². The molecule has 6 nitrogen and oxygen atoms in total. The first-order valence-corrected chi connectivity index (χ1v) is 7.68. The van der Waals surface area contributed by atoms with Crippen LogP contribution in [0.4, 0.5) is 0 Å². The van der Waals surface area contributed by atoms with E-state index < -0.39 is 12.0 Å². The maximum absolute atomic E-state index is 12.6. The fourth-order valence-corrected chi connectivity index (χ4v) is 3.12. The monoisotopic (exact) mass is 314 g/mol. The van der Waals surface area contributed by atoms with Gasteiger partial charge in [0.25, 0.3) is 0 Å². The molecule has 0 saturated carbocycles. The molecular weight excluding hydrogens is 296 g/mol. The van der Waals surface area contributed by atoms with E-state index in [0.29, 0.717) is 23.9 Å². The number of likely N-dealkylation sites (tertiary alicyclic amines) is 1. The number of piperidine rings is 1. The van der Waals surface area contributed by atoms with E-state index >= 15 is 0 Å². The first kappa shape index (κ1) is 15.3. The summed E-state index contributed by atoms with van der Waals surface area (Å²) < 4.78 is 1.70. The quantitative estimate of drug-likeness (QED) is 0.930. The Morgan fingerprint density at radius 1 is 1.17 bits per heavy atom. The zero-order valence-corrected chi connectivity index (χ0v) is 12.6. The number of para-hydroxylation sites is 1. The van der Waals surface area contributed by atoms with Crippen LogP contribution in [0.3, 0.4) is 0 Å². The van der Waals surface area contributed by atoms with E-state index in [2.05, 4.69) is 0 Å². The van der Waals surface area contributed by atoms with Crippen molar-refractivity contribution >= 4 is 22.8 Å². The molecule has 2 aromatic rings. The number of hydrogen-bond donors (Lipinski definition) is 1. The Labute approximate surface area is 132 Å². The van der Waals surface area contributed by atoms with Gasteiger partial charge in [0.2, 0.25) is 5.91 Å². The molecule has 3 rings (SSSR count). The fraction of sp³-hybridized carbons (Fsp3) is 0.353. The van der Waals surface area contributed by atoms with Crippen molar-refractivity contribution in [3.63, 3.8) is 0 Å². The molecule has 1 aliphatic heterocycles. The highest BCUT2D eigenvalue weighted by Crippen LogP contribution is 2.18. The van der Waals surface area contributed by atoms with E-state index in [1.807, 2.05) is 6.07 Å². The lowest BCUT2D eigenvalue weighted by atomic mass is 10.0. The van der Waals surface area contributed by atoms with Crippen LogP contribution in [0.5, 0.6) is 0 Å². The third-order valence-electron chi connectivity index (χ3n) is 4.30. The number of carboxylic acids is 1. The van der Waals surface area contributed by atoms with E-state index in [9.17, 15) is 19.5 Å². The summed E-state index contributed by atoms with van der Waals surface area (Å²) in [6.07, 6.45) is 3.72. The average Bonchev–Trinajstić information content (AvgIpc) is 2.57. The van der Waals surface area contributed by atoms with Crippen LogP contribution in [0, 0.1) is 0 Å². The highest BCUT2D eigenvalue weighted by molar-refractivity contribution is 5.85. The van der Waals surface area contributed by atoms with Crippen LogP contribution in [-0.4, -0.2) is 39.0 Å². The predicted octanol–water partition coefficient (Wildman–Crippen LogP) is 1.47. The first-order valence-electron chi connectivity index (χ1n) is 7.68. The number of rotatable bonds is 3. The van der Waals surface area contributed by atoms with Gasteiger partial charge in [0.1, 0.15) is 12.6 Å². The molecule has 2 heterocycles. The molecule has 6 heteroatoms. The van der Waals surface area contributed by atoms with E-state index in [0.717, 1.165) is 12.8 Å². The lowest BCUT2D eigenvalue weighted by molar-refractivity contribution is -0.152. The van der Waals surface area contributed by atoms with E-state index in [1.165, 1.54) is 11.0 Å². The number of carbonyl (C=O) groups excluding carboxylic acids is 1. The van der Waals surface area contributed by atoms with E-state index in [1.54, 1.807) is 29.0 Å². The molecule has 120 valence electrons. The highest BCUT2D eigenvalue weighted by Gasteiger charge is 2.31. The second-order valence-corrected chi connectivity index (χ2v) is 5.76. The highest BCUT2D eigenvalue weighted by atomic mass is 16.4. The maximum Gasteiger partial charge on any atom is 0.326 e. The normalized spacial score (nSPS) is 18.1. The number of fused-ring (bicyclic) bond motifs is 1. The van der Waals surface area contributed by atoms with Gasteiger partial charge in [-0.25, -0.2) is 4.79 Å². The molecule has 1 amide bonds. The summed E-state index contributed by atoms with van der Waals surface area (Å²) in [7, 11) is 0. The molecule has 1 atom stereocenters. The molecule has 0 radical (unpaired) electrons. The smallest absolute Gasteiger partial charge is 0.326 e. The molecule has 23 heavy (non-hydrogen) atoms. The number of carboxylic acid groups (broad SMARTS) is 1. The molecule has 1 aromatic carbocycles. The van der Waals surface area contributed by atoms with Gasteiger partial charge >= 0.3 is 5.97 Å². The van der Waals surface area contributed by atoms with Crippen molar-refractivity contribution < 1.29 is 14.7 Å². The predicted molar refractivity (Wildman–Crippen MR) is 85.2 cm³/mol. The van der Waals surface area contributed by atoms with Crippen LogP contribution in [0.2, 0.25) is 0 Å². The molecule has 1 fully saturated rings. The first-order chi connectivity index (χ1) is 11.1. The summed E-state index contributed by atoms with van der Waals surface area (Å²) in [5.74, 6) is -1.19. The largest absolute Gasteiger partial charge is 0.480 e. The Balaban J connectivity index is 1.90. The zero-order valence-electron chi connectivity index (χ0n) is 12.6. The van der Waals surface area contributed by atoms with E-state index in [4.69, 9.17) is 0 Å². The maximum atomic E-state index is 12.6. The van der Waals surface area contributed by atoms with Crippen molar-refractivity contribution in [3.8, 4) is 0 Å². The second kappa shape index (κ2) is 6.24. The van der Waals surface area contributed by atoms with Crippen molar-refractivity contribution in [2.45, 2.75) is 31.8 Å². The van der Waals surface area contributed by atoms with Gasteiger partial charge in [0.05, 0.1) is 5.52 Å². The summed E-state index contributed by atoms with van der Waals surface area (Å²) in [6, 6.07) is 7.78. The molecule has 0 unspecified atom stereocenters. The van der Waals surface area contributed by atoms with Crippen molar-refractivity contribution in [2.75, 3.05) is 6.54 Å². The van der Waals surface area contributed by atoms with Crippen molar-refractivity contribution in [2.24, 2.45) is 0 Å². The van der Waals surface area contributed by atoms with Crippen LogP contribution >= 0.6 is 0 Å². The number of aromatic nitrogens is 1. The topological polar surface area (TPSA) is 79.6 Å². The van der Waals surface area contributed by atoms with Gasteiger partial charge in [-0.3, -0.25) is 9.59 Å². The van der Waals surface area contributed by atoms with Crippen LogP contribution in [0.1, 0.15) is 19.3 Å². The SMILES string of the molecule is O=C(O)[C@H]1CCCCN1C(=O)Cn1ccc(=O)c2ccccc21. The minimum atomic E-state index is -0.956. The van der Waals surface area contributed by atoms with Crippen molar-refractivity contribution in [3.05, 3.63) is 46.8 Å². The number of benzene rings is 1. The molecule has 0 aliphatic carbocycles. The minimum absolute atomic E-state index is 0.0323. The van der Waals surface area contributed by atoms with Gasteiger partial charge in [0, 0.05) is 24.2 Å². The summed E-state index contributed by atoms with van der Waals surface area (Å²) in [4.78, 5) is 37.2. The van der Waals surface area contributed by atoms with Crippen LogP contribution < -0.4 is 5.43 Å². The summed E-state index contributed by atoms with van der Waals surface area (Å²) in [5, 5.41) is 9.84. The van der Waals surface area contributed by atoms with E-state index in [-0.39, 0.29) is 17.9 Å². The minimum Gasteiger partial charge on any atom is -0.480 e. The molecule has 0 bridgehead atoms. The lowest BCUT2D eigenvalue weighted by Gasteiger charge is -2.33. The molecule has 1 N–H and O–H groups in total. The van der Waals surface area contributed by atoms with Crippen molar-refractivity contribution in [1.29, 1.82) is 0 Å². The molecule has 0 spiro atoms. The second-order valence-electron chi connectivity index (χ2n) is 5.76. The Bertz CT molecular complexity index is 812. The summed E-state index contributed by atoms with van der Waals surface area (Å²) in [6.45, 7) is 0.499. The van der Waals surface area contributed by atoms with Gasteiger partial charge in [-0.15, -0.1) is 0 Å². The summed E-state index contributed by atoms with van der Waals surface area (Å²) >= 11 is 0. The Hall–Kier alpha value is -2.63. The standard InChI is InChI=1S/C17H18N2O4/c20-15-8-10-18(13-6-2-1-5-12(13)15)11-16(21)19-9-4-3-7-14(19)17(22)23/h1-2,5-6,8,10,14H,3-4,7,9,11H2,(H,22,23)/t14-/m1/s1. The van der Waals surface area contributed by atoms with Crippen molar-refractivity contribution in [1.82, 2.24) is 9.47 Å². The van der Waals surface area contributed by atoms with Gasteiger partial charge in [0.15, 0.2) is 5.43 Å². The molecular formula is C17H18N2O4. The third-order valence-corrected chi connectivity index (χ3v) is 4.30. The number of amides is 1. The molecule has 1 aliphatic rings. The Morgan fingerprint density at radius 3 is 2.74 bits per heavy atom. The lowest BCUT2D eigenvalue weighted by Crippen LogP contribution is -2.49. The van der Waals surface area contributed by atoms with Gasteiger partial charge < -0.3 is 14.6 Å². The fourth-order valence-electron chi connectivity index (χ4n) is 3.12. The molecule has 1 saturated heterocycles. The average molecular weight is 314 g/mol. The third kappa shape index (κ3) is 2.97. The number of pyridine rings is 1. The number of aliphatic carboxylic acids is 1. The van der Waals surface area contributed by atoms with Crippen LogP contribution in [0.25, 0.3) is 10.9 Å². The number of hydrogen-bond acceptors (Lipinski definition) is 3. The Kier molecular flexibility index (Phi) is 4.14. The van der Waals surface area contributed by atoms with Gasteiger partial charge in [-0.2, -0.15) is 0 Å². The number of nitrogens with zero attached hydrogens (tertiary/aromatic N) is 2.